The number of rotatable bonds is 3. The lowest BCUT2D eigenvalue weighted by Gasteiger charge is -2.22. The summed E-state index contributed by atoms with van der Waals surface area (Å²) in [7, 11) is 0. The highest BCUT2D eigenvalue weighted by Gasteiger charge is 2.25. The van der Waals surface area contributed by atoms with Crippen molar-refractivity contribution in [2.75, 3.05) is 18.0 Å². The van der Waals surface area contributed by atoms with Crippen LogP contribution in [0.1, 0.15) is 45.1 Å². The van der Waals surface area contributed by atoms with E-state index in [2.05, 4.69) is 35.6 Å². The average Bonchev–Trinajstić information content (AvgIpc) is 3.25. The van der Waals surface area contributed by atoms with Gasteiger partial charge in [-0.2, -0.15) is 0 Å². The minimum Gasteiger partial charge on any atom is -0.355 e. The summed E-state index contributed by atoms with van der Waals surface area (Å²) >= 11 is 6.29. The van der Waals surface area contributed by atoms with Gasteiger partial charge in [0.1, 0.15) is 5.82 Å². The van der Waals surface area contributed by atoms with Crippen LogP contribution in [0.2, 0.25) is 5.02 Å². The number of nitrogens with zero attached hydrogens (tertiary/aromatic N) is 6. The van der Waals surface area contributed by atoms with Crippen LogP contribution in [0.25, 0.3) is 11.2 Å². The first-order valence-electron chi connectivity index (χ1n) is 9.01. The lowest BCUT2D eigenvalue weighted by molar-refractivity contribution is 0.546. The van der Waals surface area contributed by atoms with Gasteiger partial charge in [-0.1, -0.05) is 32.4 Å². The Hall–Kier alpha value is -2.21. The molecule has 0 bridgehead atoms. The first-order chi connectivity index (χ1) is 12.4. The maximum absolute atomic E-state index is 6.29. The molecule has 0 aromatic carbocycles. The van der Waals surface area contributed by atoms with Crippen molar-refractivity contribution in [3.63, 3.8) is 0 Å². The third kappa shape index (κ3) is 3.14. The van der Waals surface area contributed by atoms with E-state index in [1.807, 2.05) is 23.0 Å². The second-order valence-corrected chi connectivity index (χ2v) is 8.20. The first kappa shape index (κ1) is 17.2. The largest absolute Gasteiger partial charge is 0.355 e. The average molecular weight is 371 g/mol. The minimum atomic E-state index is -0.138. The molecule has 0 atom stereocenters. The maximum Gasteiger partial charge on any atom is 0.166 e. The van der Waals surface area contributed by atoms with E-state index in [0.29, 0.717) is 11.6 Å². The lowest BCUT2D eigenvalue weighted by Crippen LogP contribution is -2.23. The molecule has 3 aromatic rings. The predicted octanol–water partition coefficient (Wildman–Crippen LogP) is 3.82. The molecule has 7 heteroatoms. The Morgan fingerprint density at radius 1 is 1.12 bits per heavy atom. The van der Waals surface area contributed by atoms with Crippen LogP contribution in [0.3, 0.4) is 0 Å². The summed E-state index contributed by atoms with van der Waals surface area (Å²) < 4.78 is 2.01. The van der Waals surface area contributed by atoms with Crippen LogP contribution in [0.4, 0.5) is 5.82 Å². The Morgan fingerprint density at radius 2 is 1.88 bits per heavy atom. The molecule has 4 heterocycles. The molecule has 1 fully saturated rings. The molecule has 0 amide bonds. The van der Waals surface area contributed by atoms with Gasteiger partial charge in [0.2, 0.25) is 0 Å². The van der Waals surface area contributed by atoms with E-state index in [4.69, 9.17) is 21.6 Å². The summed E-state index contributed by atoms with van der Waals surface area (Å²) in [5, 5.41) is 0.652. The normalized spacial score (nSPS) is 15.2. The highest BCUT2D eigenvalue weighted by molar-refractivity contribution is 6.31. The van der Waals surface area contributed by atoms with Crippen LogP contribution in [0.15, 0.2) is 24.7 Å². The van der Waals surface area contributed by atoms with Gasteiger partial charge in [0.15, 0.2) is 17.0 Å². The van der Waals surface area contributed by atoms with E-state index >= 15 is 0 Å². The van der Waals surface area contributed by atoms with Crippen molar-refractivity contribution in [1.29, 1.82) is 0 Å². The van der Waals surface area contributed by atoms with Gasteiger partial charge in [-0.05, 0) is 25.0 Å². The van der Waals surface area contributed by atoms with E-state index < -0.39 is 0 Å². The van der Waals surface area contributed by atoms with E-state index in [1.54, 1.807) is 6.20 Å². The third-order valence-electron chi connectivity index (χ3n) is 4.68. The molecule has 6 nitrogen and oxygen atoms in total. The second-order valence-electron chi connectivity index (χ2n) is 7.79. The molecule has 4 rings (SSSR count). The summed E-state index contributed by atoms with van der Waals surface area (Å²) in [4.78, 5) is 21.1. The number of hydrogen-bond acceptors (Lipinski definition) is 5. The summed E-state index contributed by atoms with van der Waals surface area (Å²) in [5.41, 5.74) is 2.37. The summed E-state index contributed by atoms with van der Waals surface area (Å²) in [6, 6.07) is 3.69. The SMILES string of the molecule is CC(C)(C)c1nc(N2CCCC2)c2ncn(Cc3ncccc3Cl)c2n1. The molecule has 0 spiro atoms. The van der Waals surface area contributed by atoms with Gasteiger partial charge < -0.3 is 9.47 Å². The fourth-order valence-electron chi connectivity index (χ4n) is 3.23. The van der Waals surface area contributed by atoms with Crippen LogP contribution >= 0.6 is 11.6 Å². The number of aromatic nitrogens is 5. The molecule has 0 radical (unpaired) electrons. The molecular weight excluding hydrogens is 348 g/mol. The molecule has 0 unspecified atom stereocenters. The number of imidazole rings is 1. The second kappa shape index (κ2) is 6.50. The van der Waals surface area contributed by atoms with Crippen LogP contribution < -0.4 is 4.90 Å². The Morgan fingerprint density at radius 3 is 2.58 bits per heavy atom. The quantitative estimate of drug-likeness (QED) is 0.701. The zero-order valence-corrected chi connectivity index (χ0v) is 16.2. The van der Waals surface area contributed by atoms with Crippen molar-refractivity contribution in [3.05, 3.63) is 41.2 Å². The first-order valence-corrected chi connectivity index (χ1v) is 9.39. The fourth-order valence-corrected chi connectivity index (χ4v) is 3.41. The van der Waals surface area contributed by atoms with E-state index in [-0.39, 0.29) is 5.41 Å². The van der Waals surface area contributed by atoms with Crippen molar-refractivity contribution in [3.8, 4) is 0 Å². The van der Waals surface area contributed by atoms with Crippen molar-refractivity contribution in [2.45, 2.75) is 45.6 Å². The number of hydrogen-bond donors (Lipinski definition) is 0. The molecule has 1 aliphatic rings. The van der Waals surface area contributed by atoms with Gasteiger partial charge in [0, 0.05) is 24.7 Å². The molecule has 26 heavy (non-hydrogen) atoms. The van der Waals surface area contributed by atoms with Gasteiger partial charge in [-0.3, -0.25) is 4.98 Å². The van der Waals surface area contributed by atoms with Gasteiger partial charge in [-0.15, -0.1) is 0 Å². The van der Waals surface area contributed by atoms with Crippen LogP contribution in [0, 0.1) is 0 Å². The van der Waals surface area contributed by atoms with E-state index in [1.165, 1.54) is 12.8 Å². The summed E-state index contributed by atoms with van der Waals surface area (Å²) in [5.74, 6) is 1.78. The van der Waals surface area contributed by atoms with Crippen molar-refractivity contribution in [2.24, 2.45) is 0 Å². The Balaban J connectivity index is 1.85. The highest BCUT2D eigenvalue weighted by Crippen LogP contribution is 2.30. The van der Waals surface area contributed by atoms with Crippen molar-refractivity contribution in [1.82, 2.24) is 24.5 Å². The van der Waals surface area contributed by atoms with Gasteiger partial charge in [0.25, 0.3) is 0 Å². The molecule has 1 saturated heterocycles. The zero-order valence-electron chi connectivity index (χ0n) is 15.4. The van der Waals surface area contributed by atoms with Gasteiger partial charge >= 0.3 is 0 Å². The summed E-state index contributed by atoms with van der Waals surface area (Å²) in [6.45, 7) is 8.99. The predicted molar refractivity (Wildman–Crippen MR) is 104 cm³/mol. The Labute approximate surface area is 158 Å². The maximum atomic E-state index is 6.29. The molecule has 0 aliphatic carbocycles. The number of anilines is 1. The lowest BCUT2D eigenvalue weighted by atomic mass is 9.96. The molecule has 136 valence electrons. The fraction of sp³-hybridized carbons (Fsp3) is 0.474. The number of halogens is 1. The minimum absolute atomic E-state index is 0.138. The van der Waals surface area contributed by atoms with E-state index in [9.17, 15) is 0 Å². The zero-order chi connectivity index (χ0) is 18.3. The smallest absolute Gasteiger partial charge is 0.166 e. The monoisotopic (exact) mass is 370 g/mol. The summed E-state index contributed by atoms with van der Waals surface area (Å²) in [6.07, 6.45) is 5.96. The topological polar surface area (TPSA) is 59.7 Å². The number of fused-ring (bicyclic) bond motifs is 1. The van der Waals surface area contributed by atoms with Crippen LogP contribution in [-0.2, 0) is 12.0 Å². The van der Waals surface area contributed by atoms with E-state index in [0.717, 1.165) is 41.6 Å². The molecule has 1 aliphatic heterocycles. The van der Waals surface area contributed by atoms with Crippen molar-refractivity contribution >= 4 is 28.6 Å². The van der Waals surface area contributed by atoms with Crippen molar-refractivity contribution < 1.29 is 0 Å². The number of pyridine rings is 1. The molecular formula is C19H23ClN6. The van der Waals surface area contributed by atoms with Crippen LogP contribution in [0.5, 0.6) is 0 Å². The standard InChI is InChI=1S/C19H23ClN6/c1-19(2,3)18-23-16(25-9-4-5-10-25)15-17(24-18)26(12-22-15)11-14-13(20)7-6-8-21-14/h6-8,12H,4-5,9-11H2,1-3H3. The molecule has 0 N–H and O–H groups in total. The third-order valence-corrected chi connectivity index (χ3v) is 5.02. The van der Waals surface area contributed by atoms with Gasteiger partial charge in [-0.25, -0.2) is 15.0 Å². The Bertz CT molecular complexity index is 937. The molecule has 3 aromatic heterocycles. The van der Waals surface area contributed by atoms with Crippen LogP contribution in [-0.4, -0.2) is 37.6 Å². The molecule has 0 saturated carbocycles. The highest BCUT2D eigenvalue weighted by atomic mass is 35.5. The Kier molecular flexibility index (Phi) is 4.31. The van der Waals surface area contributed by atoms with Gasteiger partial charge in [0.05, 0.1) is 23.6 Å².